The fraction of sp³-hybridized carbons (Fsp3) is 0.522. The molecule has 0 radical (unpaired) electrons. The van der Waals surface area contributed by atoms with E-state index >= 15 is 0 Å². The van der Waals surface area contributed by atoms with Gasteiger partial charge in [0, 0.05) is 32.0 Å². The summed E-state index contributed by atoms with van der Waals surface area (Å²) < 4.78 is 68.5. The van der Waals surface area contributed by atoms with Gasteiger partial charge in [-0.3, -0.25) is 4.98 Å². The van der Waals surface area contributed by atoms with E-state index in [-0.39, 0.29) is 29.1 Å². The number of benzene rings is 1. The number of nitrogens with one attached hydrogen (secondary N) is 1. The Labute approximate surface area is 187 Å². The highest BCUT2D eigenvalue weighted by Crippen LogP contribution is 2.61. The van der Waals surface area contributed by atoms with Gasteiger partial charge in [0.05, 0.1) is 11.3 Å². The van der Waals surface area contributed by atoms with Gasteiger partial charge in [0.25, 0.3) is 0 Å². The van der Waals surface area contributed by atoms with Crippen LogP contribution in [0.2, 0.25) is 0 Å². The van der Waals surface area contributed by atoms with Gasteiger partial charge in [-0.25, -0.2) is 8.42 Å². The monoisotopic (exact) mass is 467 g/mol. The van der Waals surface area contributed by atoms with Crippen molar-refractivity contribution in [2.45, 2.75) is 56.6 Å². The number of anilines is 1. The largest absolute Gasteiger partial charge is 0.416 e. The fourth-order valence-electron chi connectivity index (χ4n) is 4.85. The van der Waals surface area contributed by atoms with E-state index in [9.17, 15) is 21.6 Å². The van der Waals surface area contributed by atoms with Crippen LogP contribution in [0.5, 0.6) is 0 Å². The van der Waals surface area contributed by atoms with Gasteiger partial charge >= 0.3 is 6.18 Å². The van der Waals surface area contributed by atoms with Crippen molar-refractivity contribution in [3.8, 4) is 0 Å². The zero-order valence-electron chi connectivity index (χ0n) is 18.0. The van der Waals surface area contributed by atoms with Crippen LogP contribution < -0.4 is 5.32 Å². The van der Waals surface area contributed by atoms with Gasteiger partial charge in [-0.2, -0.15) is 17.5 Å². The summed E-state index contributed by atoms with van der Waals surface area (Å²) in [5.41, 5.74) is 0.0797. The molecule has 2 saturated carbocycles. The lowest BCUT2D eigenvalue weighted by Crippen LogP contribution is -2.31. The van der Waals surface area contributed by atoms with E-state index in [4.69, 9.17) is 0 Å². The Bertz CT molecular complexity index is 1060. The van der Waals surface area contributed by atoms with Gasteiger partial charge < -0.3 is 5.32 Å². The molecule has 5 nitrogen and oxygen atoms in total. The van der Waals surface area contributed by atoms with E-state index in [0.29, 0.717) is 18.0 Å². The van der Waals surface area contributed by atoms with E-state index in [1.54, 1.807) is 31.5 Å². The highest BCUT2D eigenvalue weighted by molar-refractivity contribution is 7.89. The number of halogens is 3. The van der Waals surface area contributed by atoms with Crippen LogP contribution in [0.3, 0.4) is 0 Å². The normalized spacial score (nSPS) is 23.1. The van der Waals surface area contributed by atoms with Gasteiger partial charge in [0.15, 0.2) is 0 Å². The number of alkyl halides is 3. The van der Waals surface area contributed by atoms with Gasteiger partial charge in [0.1, 0.15) is 4.90 Å². The summed E-state index contributed by atoms with van der Waals surface area (Å²) >= 11 is 0. The lowest BCUT2D eigenvalue weighted by molar-refractivity contribution is -0.137. The minimum atomic E-state index is -4.63. The Hall–Kier alpha value is -2.13. The molecular weight excluding hydrogens is 439 g/mol. The third-order valence-electron chi connectivity index (χ3n) is 6.83. The molecule has 2 fully saturated rings. The van der Waals surface area contributed by atoms with Crippen LogP contribution >= 0.6 is 0 Å². The van der Waals surface area contributed by atoms with E-state index in [2.05, 4.69) is 10.3 Å². The quantitative estimate of drug-likeness (QED) is 0.572. The van der Waals surface area contributed by atoms with Crippen molar-refractivity contribution in [2.24, 2.45) is 11.3 Å². The van der Waals surface area contributed by atoms with Gasteiger partial charge in [-0.1, -0.05) is 25.8 Å². The second-order valence-corrected chi connectivity index (χ2v) is 10.8. The van der Waals surface area contributed by atoms with Crippen LogP contribution in [0.1, 0.15) is 50.2 Å². The fourth-order valence-corrected chi connectivity index (χ4v) is 6.48. The number of sulfonamides is 1. The van der Waals surface area contributed by atoms with Crippen molar-refractivity contribution in [1.82, 2.24) is 9.29 Å². The van der Waals surface area contributed by atoms with Crippen LogP contribution in [0.25, 0.3) is 0 Å². The van der Waals surface area contributed by atoms with Crippen molar-refractivity contribution in [1.29, 1.82) is 0 Å². The molecule has 4 rings (SSSR count). The maximum Gasteiger partial charge on any atom is 0.416 e. The van der Waals surface area contributed by atoms with Crippen molar-refractivity contribution in [3.05, 3.63) is 53.9 Å². The molecule has 1 N–H and O–H groups in total. The molecular formula is C23H28F3N3O2S. The van der Waals surface area contributed by atoms with Crippen molar-refractivity contribution >= 4 is 15.7 Å². The minimum absolute atomic E-state index is 0.0361. The summed E-state index contributed by atoms with van der Waals surface area (Å²) in [5, 5.41) is 3.21. The Balaban J connectivity index is 1.65. The first-order valence-electron chi connectivity index (χ1n) is 11.0. The average Bonchev–Trinajstić information content (AvgIpc) is 3.51. The lowest BCUT2D eigenvalue weighted by atomic mass is 9.88. The highest BCUT2D eigenvalue weighted by Gasteiger charge is 2.54. The summed E-state index contributed by atoms with van der Waals surface area (Å²) in [5.74, 6) is 0.635. The van der Waals surface area contributed by atoms with Crippen LogP contribution in [-0.4, -0.2) is 30.8 Å². The zero-order valence-corrected chi connectivity index (χ0v) is 18.8. The van der Waals surface area contributed by atoms with Crippen LogP contribution in [0.4, 0.5) is 18.9 Å². The minimum Gasteiger partial charge on any atom is -0.383 e. The molecule has 1 heterocycles. The van der Waals surface area contributed by atoms with Gasteiger partial charge in [-0.15, -0.1) is 0 Å². The first kappa shape index (κ1) is 23.0. The average molecular weight is 468 g/mol. The predicted molar refractivity (Wildman–Crippen MR) is 116 cm³/mol. The first-order valence-corrected chi connectivity index (χ1v) is 12.4. The molecule has 9 heteroatoms. The maximum atomic E-state index is 13.5. The van der Waals surface area contributed by atoms with Crippen molar-refractivity contribution in [2.75, 3.05) is 18.4 Å². The molecule has 0 spiro atoms. The summed E-state index contributed by atoms with van der Waals surface area (Å²) in [6.07, 6.45) is 4.22. The number of rotatable bonds is 8. The number of fused-ring (bicyclic) bond motifs is 1. The molecule has 2 aromatic rings. The lowest BCUT2D eigenvalue weighted by Gasteiger charge is -2.26. The molecule has 2 aliphatic carbocycles. The number of pyridine rings is 1. The molecule has 2 unspecified atom stereocenters. The number of nitrogens with zero attached hydrogens (tertiary/aromatic N) is 2. The smallest absolute Gasteiger partial charge is 0.383 e. The summed E-state index contributed by atoms with van der Waals surface area (Å²) in [4.78, 5) is 3.67. The number of aromatic nitrogens is 1. The van der Waals surface area contributed by atoms with Gasteiger partial charge in [0.2, 0.25) is 10.0 Å². The SMILES string of the molecule is CCN(Cc1cccnc1)S(=O)(=O)c1cc(C(F)(F)F)ccc1NCC12CCCCC1C2. The van der Waals surface area contributed by atoms with E-state index in [0.717, 1.165) is 31.4 Å². The number of hydrogen-bond donors (Lipinski definition) is 1. The number of hydrogen-bond acceptors (Lipinski definition) is 4. The van der Waals surface area contributed by atoms with Crippen LogP contribution in [-0.2, 0) is 22.7 Å². The molecule has 2 atom stereocenters. The first-order chi connectivity index (χ1) is 15.2. The Kier molecular flexibility index (Phi) is 6.24. The second-order valence-electron chi connectivity index (χ2n) is 8.86. The molecule has 0 aliphatic heterocycles. The maximum absolute atomic E-state index is 13.5. The molecule has 2 aliphatic rings. The molecule has 0 bridgehead atoms. The molecule has 1 aromatic carbocycles. The summed E-state index contributed by atoms with van der Waals surface area (Å²) in [7, 11) is -4.18. The Morgan fingerprint density at radius 1 is 1.25 bits per heavy atom. The summed E-state index contributed by atoms with van der Waals surface area (Å²) in [6, 6.07) is 6.40. The second kappa shape index (κ2) is 8.67. The summed E-state index contributed by atoms with van der Waals surface area (Å²) in [6.45, 7) is 2.41. The standard InChI is InChI=1S/C23H28F3N3O2S/c1-2-29(15-17-6-5-11-27-14-17)32(30,31)21-12-18(23(24,25)26)8-9-20(21)28-16-22-10-4-3-7-19(22)13-22/h5-6,8-9,11-12,14,19,28H,2-4,7,10,13,15-16H2,1H3. The van der Waals surface area contributed by atoms with Gasteiger partial charge in [-0.05, 0) is 60.4 Å². The third-order valence-corrected chi connectivity index (χ3v) is 8.79. The van der Waals surface area contributed by atoms with Crippen molar-refractivity contribution < 1.29 is 21.6 Å². The molecule has 32 heavy (non-hydrogen) atoms. The molecule has 0 saturated heterocycles. The van der Waals surface area contributed by atoms with Crippen LogP contribution in [0.15, 0.2) is 47.6 Å². The topological polar surface area (TPSA) is 62.3 Å². The Morgan fingerprint density at radius 3 is 2.72 bits per heavy atom. The predicted octanol–water partition coefficient (Wildman–Crippen LogP) is 5.30. The van der Waals surface area contributed by atoms with Crippen molar-refractivity contribution in [3.63, 3.8) is 0 Å². The van der Waals surface area contributed by atoms with E-state index in [1.807, 2.05) is 0 Å². The van der Waals surface area contributed by atoms with E-state index < -0.39 is 21.8 Å². The molecule has 174 valence electrons. The third kappa shape index (κ3) is 4.64. The van der Waals surface area contributed by atoms with E-state index in [1.165, 1.54) is 23.2 Å². The zero-order chi connectivity index (χ0) is 23.0. The molecule has 1 aromatic heterocycles. The Morgan fingerprint density at radius 2 is 2.06 bits per heavy atom. The highest BCUT2D eigenvalue weighted by atomic mass is 32.2. The van der Waals surface area contributed by atoms with Crippen LogP contribution in [0, 0.1) is 11.3 Å². The molecule has 0 amide bonds.